The van der Waals surface area contributed by atoms with E-state index in [9.17, 15) is 14.0 Å². The fraction of sp³-hybridized carbons (Fsp3) is 0.292. The van der Waals surface area contributed by atoms with Crippen molar-refractivity contribution in [1.82, 2.24) is 20.0 Å². The van der Waals surface area contributed by atoms with Crippen molar-refractivity contribution >= 4 is 11.8 Å². The molecule has 2 aromatic carbocycles. The molecule has 158 valence electrons. The van der Waals surface area contributed by atoms with Crippen molar-refractivity contribution in [2.24, 2.45) is 0 Å². The van der Waals surface area contributed by atoms with Gasteiger partial charge in [-0.3, -0.25) is 14.3 Å². The van der Waals surface area contributed by atoms with Gasteiger partial charge in [0.1, 0.15) is 11.5 Å². The van der Waals surface area contributed by atoms with Gasteiger partial charge in [0.05, 0.1) is 12.6 Å². The number of hydrogen-bond donors (Lipinski definition) is 1. The van der Waals surface area contributed by atoms with Gasteiger partial charge in [0.2, 0.25) is 0 Å². The Balaban J connectivity index is 1.32. The quantitative estimate of drug-likeness (QED) is 0.705. The standard InChI is InChI=1S/C24H23FN4O2/c25-19-10-4-2-7-17(19)15-28-12-13-29-22(24(28)31)14-21(27-29)23(30)26-20-11-5-8-16-6-1-3-9-18(16)20/h1-4,6-7,9-10,14,20H,5,8,11-13,15H2,(H,26,30). The Hall–Kier alpha value is -3.48. The Labute approximate surface area is 179 Å². The smallest absolute Gasteiger partial charge is 0.272 e. The zero-order valence-corrected chi connectivity index (χ0v) is 17.1. The molecule has 1 N–H and O–H groups in total. The number of nitrogens with one attached hydrogen (secondary N) is 1. The van der Waals surface area contributed by atoms with E-state index in [2.05, 4.69) is 22.5 Å². The van der Waals surface area contributed by atoms with Crippen LogP contribution in [-0.2, 0) is 19.5 Å². The third kappa shape index (κ3) is 3.71. The number of carbonyl (C=O) groups excluding carboxylic acids is 2. The summed E-state index contributed by atoms with van der Waals surface area (Å²) >= 11 is 0. The topological polar surface area (TPSA) is 67.2 Å². The van der Waals surface area contributed by atoms with E-state index in [1.807, 2.05) is 12.1 Å². The molecule has 1 aliphatic heterocycles. The highest BCUT2D eigenvalue weighted by molar-refractivity contribution is 5.98. The highest BCUT2D eigenvalue weighted by Crippen LogP contribution is 2.29. The second-order valence-electron chi connectivity index (χ2n) is 8.07. The van der Waals surface area contributed by atoms with Crippen LogP contribution in [0.2, 0.25) is 0 Å². The minimum Gasteiger partial charge on any atom is -0.344 e. The van der Waals surface area contributed by atoms with E-state index in [0.717, 1.165) is 24.8 Å². The van der Waals surface area contributed by atoms with E-state index in [0.29, 0.717) is 24.3 Å². The molecule has 0 bridgehead atoms. The lowest BCUT2D eigenvalue weighted by Crippen LogP contribution is -2.40. The first-order valence-corrected chi connectivity index (χ1v) is 10.6. The molecule has 0 spiro atoms. The van der Waals surface area contributed by atoms with Crippen molar-refractivity contribution in [3.05, 3.63) is 88.5 Å². The second-order valence-corrected chi connectivity index (χ2v) is 8.07. The van der Waals surface area contributed by atoms with Gasteiger partial charge in [0, 0.05) is 24.7 Å². The van der Waals surface area contributed by atoms with Crippen molar-refractivity contribution < 1.29 is 14.0 Å². The van der Waals surface area contributed by atoms with Crippen LogP contribution in [0, 0.1) is 5.82 Å². The molecular weight excluding hydrogens is 395 g/mol. The van der Waals surface area contributed by atoms with Crippen LogP contribution in [0.3, 0.4) is 0 Å². The second kappa shape index (κ2) is 7.98. The zero-order valence-electron chi connectivity index (χ0n) is 17.1. The summed E-state index contributed by atoms with van der Waals surface area (Å²) in [4.78, 5) is 27.4. The predicted molar refractivity (Wildman–Crippen MR) is 113 cm³/mol. The maximum atomic E-state index is 14.0. The fourth-order valence-corrected chi connectivity index (χ4v) is 4.47. The van der Waals surface area contributed by atoms with Crippen molar-refractivity contribution in [3.8, 4) is 0 Å². The van der Waals surface area contributed by atoms with E-state index in [1.165, 1.54) is 11.6 Å². The van der Waals surface area contributed by atoms with Gasteiger partial charge in [0.15, 0.2) is 5.69 Å². The summed E-state index contributed by atoms with van der Waals surface area (Å²) in [6.45, 7) is 1.07. The number of carbonyl (C=O) groups is 2. The average molecular weight is 418 g/mol. The van der Waals surface area contributed by atoms with Crippen LogP contribution in [0.15, 0.2) is 54.6 Å². The molecule has 1 aliphatic carbocycles. The molecular formula is C24H23FN4O2. The van der Waals surface area contributed by atoms with Crippen LogP contribution in [0.25, 0.3) is 0 Å². The maximum absolute atomic E-state index is 14.0. The van der Waals surface area contributed by atoms with Gasteiger partial charge in [-0.25, -0.2) is 4.39 Å². The summed E-state index contributed by atoms with van der Waals surface area (Å²) in [6.07, 6.45) is 2.92. The highest BCUT2D eigenvalue weighted by atomic mass is 19.1. The van der Waals surface area contributed by atoms with E-state index in [4.69, 9.17) is 0 Å². The Morgan fingerprint density at radius 3 is 2.81 bits per heavy atom. The van der Waals surface area contributed by atoms with Gasteiger partial charge in [-0.05, 0) is 36.5 Å². The largest absolute Gasteiger partial charge is 0.344 e. The Kier molecular flexibility index (Phi) is 5.02. The first-order valence-electron chi connectivity index (χ1n) is 10.6. The summed E-state index contributed by atoms with van der Waals surface area (Å²) in [6, 6.07) is 16.1. The van der Waals surface area contributed by atoms with Crippen molar-refractivity contribution in [1.29, 1.82) is 0 Å². The van der Waals surface area contributed by atoms with Crippen LogP contribution >= 0.6 is 0 Å². The van der Waals surface area contributed by atoms with Gasteiger partial charge in [-0.2, -0.15) is 5.10 Å². The van der Waals surface area contributed by atoms with E-state index in [-0.39, 0.29) is 35.9 Å². The van der Waals surface area contributed by atoms with Crippen LogP contribution in [0.4, 0.5) is 4.39 Å². The molecule has 5 rings (SSSR count). The van der Waals surface area contributed by atoms with Crippen molar-refractivity contribution in [2.75, 3.05) is 6.54 Å². The summed E-state index contributed by atoms with van der Waals surface area (Å²) in [7, 11) is 0. The van der Waals surface area contributed by atoms with Gasteiger partial charge in [-0.15, -0.1) is 0 Å². The van der Waals surface area contributed by atoms with Gasteiger partial charge in [0.25, 0.3) is 11.8 Å². The number of halogens is 1. The number of benzene rings is 2. The minimum absolute atomic E-state index is 0.0515. The molecule has 0 fully saturated rings. The molecule has 0 radical (unpaired) electrons. The Morgan fingerprint density at radius 1 is 1.13 bits per heavy atom. The summed E-state index contributed by atoms with van der Waals surface area (Å²) in [5.41, 5.74) is 3.48. The molecule has 1 aromatic heterocycles. The molecule has 7 heteroatoms. The highest BCUT2D eigenvalue weighted by Gasteiger charge is 2.29. The lowest BCUT2D eigenvalue weighted by atomic mass is 9.87. The lowest BCUT2D eigenvalue weighted by Gasteiger charge is -2.27. The number of nitrogens with zero attached hydrogens (tertiary/aromatic N) is 3. The van der Waals surface area contributed by atoms with Crippen LogP contribution < -0.4 is 5.32 Å². The molecule has 1 atom stereocenters. The SMILES string of the molecule is O=C(NC1CCCc2ccccc21)c1cc2n(n1)CCN(Cc1ccccc1F)C2=O. The molecule has 1 unspecified atom stereocenters. The zero-order chi connectivity index (χ0) is 21.4. The Bertz CT molecular complexity index is 1160. The van der Waals surface area contributed by atoms with Gasteiger partial charge < -0.3 is 10.2 Å². The molecule has 0 saturated heterocycles. The Morgan fingerprint density at radius 2 is 1.94 bits per heavy atom. The molecule has 3 aromatic rings. The van der Waals surface area contributed by atoms with Crippen LogP contribution in [0.5, 0.6) is 0 Å². The van der Waals surface area contributed by atoms with E-state index in [1.54, 1.807) is 33.8 Å². The molecule has 2 heterocycles. The maximum Gasteiger partial charge on any atom is 0.272 e. The number of aryl methyl sites for hydroxylation is 1. The first kappa shape index (κ1) is 19.5. The number of aromatic nitrogens is 2. The minimum atomic E-state index is -0.331. The lowest BCUT2D eigenvalue weighted by molar-refractivity contribution is 0.0681. The average Bonchev–Trinajstić information content (AvgIpc) is 3.23. The molecule has 2 aliphatic rings. The summed E-state index contributed by atoms with van der Waals surface area (Å²) < 4.78 is 15.6. The molecule has 0 saturated carbocycles. The number of amides is 2. The number of fused-ring (bicyclic) bond motifs is 2. The summed E-state index contributed by atoms with van der Waals surface area (Å²) in [5, 5.41) is 7.45. The third-order valence-corrected chi connectivity index (χ3v) is 6.09. The molecule has 2 amide bonds. The predicted octanol–water partition coefficient (Wildman–Crippen LogP) is 3.49. The molecule has 31 heavy (non-hydrogen) atoms. The first-order chi connectivity index (χ1) is 15.1. The van der Waals surface area contributed by atoms with Crippen molar-refractivity contribution in [2.45, 2.75) is 38.4 Å². The van der Waals surface area contributed by atoms with Crippen LogP contribution in [-0.4, -0.2) is 33.0 Å². The summed E-state index contributed by atoms with van der Waals surface area (Å²) in [5.74, 6) is -0.858. The number of rotatable bonds is 4. The fourth-order valence-electron chi connectivity index (χ4n) is 4.47. The normalized spacial score (nSPS) is 17.8. The third-order valence-electron chi connectivity index (χ3n) is 6.09. The van der Waals surface area contributed by atoms with Gasteiger partial charge >= 0.3 is 0 Å². The number of hydrogen-bond acceptors (Lipinski definition) is 3. The van der Waals surface area contributed by atoms with Crippen molar-refractivity contribution in [3.63, 3.8) is 0 Å². The monoisotopic (exact) mass is 418 g/mol. The van der Waals surface area contributed by atoms with Gasteiger partial charge in [-0.1, -0.05) is 42.5 Å². The van der Waals surface area contributed by atoms with E-state index >= 15 is 0 Å². The molecule has 6 nitrogen and oxygen atoms in total. The van der Waals surface area contributed by atoms with E-state index < -0.39 is 0 Å². The van der Waals surface area contributed by atoms with Crippen LogP contribution in [0.1, 0.15) is 56.6 Å².